The Hall–Kier alpha value is -0.570. The number of nitrogens with zero attached hydrogens (tertiary/aromatic N) is 1. The first kappa shape index (κ1) is 13.9. The van der Waals surface area contributed by atoms with Gasteiger partial charge in [0.1, 0.15) is 0 Å². The molecule has 2 fully saturated rings. The Labute approximate surface area is 111 Å². The monoisotopic (exact) mass is 253 g/mol. The molecule has 3 nitrogen and oxygen atoms in total. The van der Waals surface area contributed by atoms with Crippen LogP contribution in [0.25, 0.3) is 0 Å². The minimum Gasteiger partial charge on any atom is -0.481 e. The van der Waals surface area contributed by atoms with Gasteiger partial charge in [-0.1, -0.05) is 33.1 Å². The van der Waals surface area contributed by atoms with Crippen LogP contribution in [0.5, 0.6) is 0 Å². The van der Waals surface area contributed by atoms with Crippen LogP contribution in [-0.2, 0) is 4.79 Å². The Kier molecular flexibility index (Phi) is 4.31. The van der Waals surface area contributed by atoms with Gasteiger partial charge >= 0.3 is 5.97 Å². The van der Waals surface area contributed by atoms with Crippen LogP contribution in [0.15, 0.2) is 0 Å². The lowest BCUT2D eigenvalue weighted by Gasteiger charge is -2.45. The lowest BCUT2D eigenvalue weighted by atomic mass is 9.76. The fourth-order valence-electron chi connectivity index (χ4n) is 3.59. The number of likely N-dealkylation sites (tertiary alicyclic amines) is 1. The summed E-state index contributed by atoms with van der Waals surface area (Å²) in [6.07, 6.45) is 7.96. The molecule has 0 radical (unpaired) electrons. The molecular formula is C15H27NO2. The number of hydrogen-bond acceptors (Lipinski definition) is 2. The minimum atomic E-state index is -0.580. The van der Waals surface area contributed by atoms with Crippen molar-refractivity contribution in [1.82, 2.24) is 4.90 Å². The zero-order chi connectivity index (χ0) is 13.2. The van der Waals surface area contributed by atoms with Gasteiger partial charge in [-0.3, -0.25) is 9.69 Å². The summed E-state index contributed by atoms with van der Waals surface area (Å²) in [7, 11) is 0. The van der Waals surface area contributed by atoms with Gasteiger partial charge in [0.25, 0.3) is 0 Å². The van der Waals surface area contributed by atoms with Crippen LogP contribution in [-0.4, -0.2) is 35.1 Å². The van der Waals surface area contributed by atoms with E-state index in [9.17, 15) is 9.90 Å². The van der Waals surface area contributed by atoms with Gasteiger partial charge in [0.05, 0.1) is 5.92 Å². The van der Waals surface area contributed by atoms with E-state index >= 15 is 0 Å². The summed E-state index contributed by atoms with van der Waals surface area (Å²) in [6.45, 7) is 6.84. The van der Waals surface area contributed by atoms with Crippen molar-refractivity contribution < 1.29 is 9.90 Å². The van der Waals surface area contributed by atoms with Crippen molar-refractivity contribution in [3.05, 3.63) is 0 Å². The van der Waals surface area contributed by atoms with E-state index in [-0.39, 0.29) is 5.92 Å². The molecule has 0 bridgehead atoms. The van der Waals surface area contributed by atoms with Crippen molar-refractivity contribution in [1.29, 1.82) is 0 Å². The van der Waals surface area contributed by atoms with E-state index in [1.807, 2.05) is 0 Å². The van der Waals surface area contributed by atoms with Crippen molar-refractivity contribution in [2.24, 2.45) is 11.3 Å². The first-order valence-corrected chi connectivity index (χ1v) is 7.52. The predicted molar refractivity (Wildman–Crippen MR) is 72.6 cm³/mol. The first-order chi connectivity index (χ1) is 8.56. The maximum absolute atomic E-state index is 11.4. The number of piperidine rings is 1. The molecule has 1 aliphatic carbocycles. The molecule has 18 heavy (non-hydrogen) atoms. The summed E-state index contributed by atoms with van der Waals surface area (Å²) in [5.41, 5.74) is 0.490. The van der Waals surface area contributed by atoms with Crippen molar-refractivity contribution in [2.45, 2.75) is 64.8 Å². The predicted octanol–water partition coefficient (Wildman–Crippen LogP) is 3.14. The van der Waals surface area contributed by atoms with Crippen molar-refractivity contribution in [3.8, 4) is 0 Å². The van der Waals surface area contributed by atoms with Gasteiger partial charge in [0, 0.05) is 6.04 Å². The lowest BCUT2D eigenvalue weighted by Crippen LogP contribution is -2.50. The van der Waals surface area contributed by atoms with Crippen LogP contribution in [0.4, 0.5) is 0 Å². The molecule has 0 aromatic heterocycles. The van der Waals surface area contributed by atoms with Crippen LogP contribution in [0.2, 0.25) is 0 Å². The summed E-state index contributed by atoms with van der Waals surface area (Å²) in [6, 6.07) is 0.303. The Morgan fingerprint density at radius 2 is 1.89 bits per heavy atom. The van der Waals surface area contributed by atoms with Gasteiger partial charge in [0.15, 0.2) is 0 Å². The highest BCUT2D eigenvalue weighted by atomic mass is 16.4. The van der Waals surface area contributed by atoms with Gasteiger partial charge in [-0.05, 0) is 44.2 Å². The molecule has 104 valence electrons. The highest BCUT2D eigenvalue weighted by Crippen LogP contribution is 2.37. The molecule has 1 N–H and O–H groups in total. The van der Waals surface area contributed by atoms with Crippen LogP contribution in [0.1, 0.15) is 58.8 Å². The van der Waals surface area contributed by atoms with Crippen molar-refractivity contribution in [3.63, 3.8) is 0 Å². The van der Waals surface area contributed by atoms with Gasteiger partial charge in [-0.25, -0.2) is 0 Å². The Morgan fingerprint density at radius 1 is 1.28 bits per heavy atom. The van der Waals surface area contributed by atoms with E-state index in [2.05, 4.69) is 18.7 Å². The molecule has 1 saturated heterocycles. The Bertz CT molecular complexity index is 295. The first-order valence-electron chi connectivity index (χ1n) is 7.52. The van der Waals surface area contributed by atoms with E-state index in [0.29, 0.717) is 11.5 Å². The van der Waals surface area contributed by atoms with Crippen molar-refractivity contribution in [2.75, 3.05) is 13.1 Å². The average molecular weight is 253 g/mol. The van der Waals surface area contributed by atoms with Crippen molar-refractivity contribution >= 4 is 5.97 Å². The van der Waals surface area contributed by atoms with Gasteiger partial charge < -0.3 is 5.11 Å². The van der Waals surface area contributed by atoms with Crippen LogP contribution < -0.4 is 0 Å². The number of carbonyl (C=O) groups is 1. The summed E-state index contributed by atoms with van der Waals surface area (Å²) < 4.78 is 0. The van der Waals surface area contributed by atoms with E-state index in [0.717, 1.165) is 32.4 Å². The lowest BCUT2D eigenvalue weighted by molar-refractivity contribution is -0.146. The molecule has 0 aromatic carbocycles. The molecule has 1 saturated carbocycles. The quantitative estimate of drug-likeness (QED) is 0.840. The largest absolute Gasteiger partial charge is 0.481 e. The van der Waals surface area contributed by atoms with Gasteiger partial charge in [0.2, 0.25) is 0 Å². The third-order valence-corrected chi connectivity index (χ3v) is 5.37. The molecule has 2 unspecified atom stereocenters. The minimum absolute atomic E-state index is 0.121. The number of carboxylic acids is 1. The zero-order valence-corrected chi connectivity index (χ0v) is 11.8. The number of rotatable bonds is 3. The second-order valence-electron chi connectivity index (χ2n) is 6.50. The van der Waals surface area contributed by atoms with Gasteiger partial charge in [-0.2, -0.15) is 0 Å². The second kappa shape index (κ2) is 5.60. The molecule has 1 aliphatic heterocycles. The number of hydrogen-bond donors (Lipinski definition) is 1. The molecule has 0 aromatic rings. The maximum Gasteiger partial charge on any atom is 0.308 e. The SMILES string of the molecule is CCC1(C)CCN(C2CCCCC2C(=O)O)CC1. The highest BCUT2D eigenvalue weighted by molar-refractivity contribution is 5.71. The standard InChI is InChI=1S/C15H27NO2/c1-3-15(2)8-10-16(11-9-15)13-7-5-4-6-12(13)14(17)18/h12-13H,3-11H2,1-2H3,(H,17,18). The molecule has 2 rings (SSSR count). The molecule has 1 heterocycles. The third kappa shape index (κ3) is 2.87. The molecule has 0 amide bonds. The summed E-state index contributed by atoms with van der Waals surface area (Å²) in [5, 5.41) is 9.36. The molecule has 0 spiro atoms. The topological polar surface area (TPSA) is 40.5 Å². The average Bonchev–Trinajstić information content (AvgIpc) is 2.39. The van der Waals surface area contributed by atoms with Crippen LogP contribution in [0, 0.1) is 11.3 Å². The summed E-state index contributed by atoms with van der Waals surface area (Å²) in [4.78, 5) is 13.8. The van der Waals surface area contributed by atoms with Crippen LogP contribution >= 0.6 is 0 Å². The highest BCUT2D eigenvalue weighted by Gasteiger charge is 2.38. The fourth-order valence-corrected chi connectivity index (χ4v) is 3.59. The summed E-state index contributed by atoms with van der Waals surface area (Å²) >= 11 is 0. The van der Waals surface area contributed by atoms with E-state index < -0.39 is 5.97 Å². The smallest absolute Gasteiger partial charge is 0.308 e. The number of carboxylic acid groups (broad SMARTS) is 1. The van der Waals surface area contributed by atoms with E-state index in [1.54, 1.807) is 0 Å². The second-order valence-corrected chi connectivity index (χ2v) is 6.50. The maximum atomic E-state index is 11.4. The van der Waals surface area contributed by atoms with E-state index in [4.69, 9.17) is 0 Å². The summed E-state index contributed by atoms with van der Waals surface area (Å²) in [5.74, 6) is -0.701. The zero-order valence-electron chi connectivity index (χ0n) is 11.8. The molecule has 2 aliphatic rings. The van der Waals surface area contributed by atoms with E-state index in [1.165, 1.54) is 25.7 Å². The Balaban J connectivity index is 1.97. The third-order valence-electron chi connectivity index (χ3n) is 5.37. The molecule has 2 atom stereocenters. The van der Waals surface area contributed by atoms with Gasteiger partial charge in [-0.15, -0.1) is 0 Å². The Morgan fingerprint density at radius 3 is 2.44 bits per heavy atom. The fraction of sp³-hybridized carbons (Fsp3) is 0.933. The number of aliphatic carboxylic acids is 1. The molecular weight excluding hydrogens is 226 g/mol. The molecule has 3 heteroatoms. The van der Waals surface area contributed by atoms with Crippen LogP contribution in [0.3, 0.4) is 0 Å². The normalized spacial score (nSPS) is 33.2.